The van der Waals surface area contributed by atoms with Gasteiger partial charge in [-0.2, -0.15) is 5.10 Å². The van der Waals surface area contributed by atoms with Crippen molar-refractivity contribution in [1.29, 1.82) is 0 Å². The summed E-state index contributed by atoms with van der Waals surface area (Å²) in [6.07, 6.45) is 5.11. The number of alkyl halides is 1. The average molecular weight is 308 g/mol. The summed E-state index contributed by atoms with van der Waals surface area (Å²) in [7, 11) is 2.01. The van der Waals surface area contributed by atoms with E-state index in [2.05, 4.69) is 14.6 Å². The van der Waals surface area contributed by atoms with Gasteiger partial charge in [0.15, 0.2) is 5.65 Å². The molecule has 4 rings (SSSR count). The zero-order valence-corrected chi connectivity index (χ0v) is 13.5. The summed E-state index contributed by atoms with van der Waals surface area (Å²) in [4.78, 5) is 7.40. The van der Waals surface area contributed by atoms with Crippen molar-refractivity contribution in [2.24, 2.45) is 7.05 Å². The molecule has 2 aliphatic heterocycles. The number of halogens is 1. The molecule has 2 aromatic heterocycles. The van der Waals surface area contributed by atoms with Crippen molar-refractivity contribution >= 4 is 22.8 Å². The highest BCUT2D eigenvalue weighted by Gasteiger charge is 2.34. The zero-order chi connectivity index (χ0) is 14.6. The van der Waals surface area contributed by atoms with Crippen LogP contribution < -0.4 is 0 Å². The second-order valence-corrected chi connectivity index (χ2v) is 6.69. The maximum absolute atomic E-state index is 6.17. The lowest BCUT2D eigenvalue weighted by atomic mass is 9.97. The first-order chi connectivity index (χ1) is 10.2. The fourth-order valence-electron chi connectivity index (χ4n) is 4.26. The minimum absolute atomic E-state index is 0.471. The molecular weight excluding hydrogens is 286 g/mol. The van der Waals surface area contributed by atoms with Crippen LogP contribution in [-0.2, 0) is 12.9 Å². The van der Waals surface area contributed by atoms with Crippen molar-refractivity contribution in [3.63, 3.8) is 0 Å². The lowest BCUT2D eigenvalue weighted by Gasteiger charge is -2.36. The molecule has 2 unspecified atom stereocenters. The standard InChI is InChI=1S/C15H22ClN5/c1-10-14-15(19(2)18-10)21(13(9-16)17-14)12-5-7-20-6-3-4-11(20)8-12/h11-12H,3-9H2,1-2H3. The van der Waals surface area contributed by atoms with E-state index in [0.29, 0.717) is 11.9 Å². The zero-order valence-electron chi connectivity index (χ0n) is 12.7. The van der Waals surface area contributed by atoms with Crippen LogP contribution in [0.3, 0.4) is 0 Å². The molecule has 4 heterocycles. The lowest BCUT2D eigenvalue weighted by molar-refractivity contribution is 0.155. The number of aryl methyl sites for hydroxylation is 2. The molecule has 2 aliphatic rings. The Morgan fingerprint density at radius 1 is 1.24 bits per heavy atom. The summed E-state index contributed by atoms with van der Waals surface area (Å²) in [5.41, 5.74) is 3.15. The van der Waals surface area contributed by atoms with Gasteiger partial charge >= 0.3 is 0 Å². The van der Waals surface area contributed by atoms with Crippen LogP contribution in [0.2, 0.25) is 0 Å². The SMILES string of the molecule is Cc1nn(C)c2c1nc(CCl)n2C1CCN2CCCC2C1. The minimum Gasteiger partial charge on any atom is -0.309 e. The normalized spacial score (nSPS) is 26.6. The van der Waals surface area contributed by atoms with Crippen LogP contribution in [0.15, 0.2) is 0 Å². The molecule has 0 aromatic carbocycles. The van der Waals surface area contributed by atoms with Crippen LogP contribution in [-0.4, -0.2) is 43.4 Å². The average Bonchev–Trinajstić information content (AvgIpc) is 3.15. The van der Waals surface area contributed by atoms with Gasteiger partial charge in [-0.3, -0.25) is 4.68 Å². The Bertz CT molecular complexity index is 673. The van der Waals surface area contributed by atoms with Gasteiger partial charge in [-0.25, -0.2) is 4.98 Å². The molecule has 0 amide bonds. The van der Waals surface area contributed by atoms with Gasteiger partial charge < -0.3 is 9.47 Å². The molecule has 0 spiro atoms. The second kappa shape index (κ2) is 4.99. The first-order valence-corrected chi connectivity index (χ1v) is 8.43. The summed E-state index contributed by atoms with van der Waals surface area (Å²) in [5, 5.41) is 4.53. The van der Waals surface area contributed by atoms with Crippen LogP contribution in [0, 0.1) is 6.92 Å². The number of imidazole rings is 1. The van der Waals surface area contributed by atoms with Gasteiger partial charge in [0.2, 0.25) is 0 Å². The van der Waals surface area contributed by atoms with Crippen LogP contribution in [0.5, 0.6) is 0 Å². The van der Waals surface area contributed by atoms with Crippen LogP contribution >= 0.6 is 11.6 Å². The Balaban J connectivity index is 1.78. The van der Waals surface area contributed by atoms with Crippen molar-refractivity contribution in [3.05, 3.63) is 11.5 Å². The second-order valence-electron chi connectivity index (χ2n) is 6.42. The molecule has 2 fully saturated rings. The quantitative estimate of drug-likeness (QED) is 0.801. The Hall–Kier alpha value is -1.07. The number of piperidine rings is 1. The predicted octanol–water partition coefficient (Wildman–Crippen LogP) is 2.62. The van der Waals surface area contributed by atoms with Crippen molar-refractivity contribution < 1.29 is 0 Å². The molecule has 0 bridgehead atoms. The van der Waals surface area contributed by atoms with E-state index in [9.17, 15) is 0 Å². The summed E-state index contributed by atoms with van der Waals surface area (Å²) in [6.45, 7) is 4.51. The first kappa shape index (κ1) is 13.6. The molecule has 2 atom stereocenters. The van der Waals surface area contributed by atoms with Gasteiger partial charge in [0.05, 0.1) is 11.6 Å². The summed E-state index contributed by atoms with van der Waals surface area (Å²) < 4.78 is 4.34. The predicted molar refractivity (Wildman–Crippen MR) is 83.7 cm³/mol. The van der Waals surface area contributed by atoms with E-state index in [4.69, 9.17) is 16.6 Å². The van der Waals surface area contributed by atoms with Crippen molar-refractivity contribution in [2.75, 3.05) is 13.1 Å². The number of aromatic nitrogens is 4. The third-order valence-corrected chi connectivity index (χ3v) is 5.42. The number of hydrogen-bond acceptors (Lipinski definition) is 3. The number of hydrogen-bond donors (Lipinski definition) is 0. The first-order valence-electron chi connectivity index (χ1n) is 7.89. The van der Waals surface area contributed by atoms with Crippen LogP contribution in [0.1, 0.15) is 43.2 Å². The van der Waals surface area contributed by atoms with Crippen molar-refractivity contribution in [3.8, 4) is 0 Å². The third-order valence-electron chi connectivity index (χ3n) is 5.19. The Morgan fingerprint density at radius 2 is 2.10 bits per heavy atom. The fraction of sp³-hybridized carbons (Fsp3) is 0.733. The minimum atomic E-state index is 0.471. The van der Waals surface area contributed by atoms with E-state index in [1.54, 1.807) is 0 Å². The van der Waals surface area contributed by atoms with E-state index >= 15 is 0 Å². The fourth-order valence-corrected chi connectivity index (χ4v) is 4.45. The molecular formula is C15H22ClN5. The summed E-state index contributed by atoms with van der Waals surface area (Å²) in [5.74, 6) is 1.47. The van der Waals surface area contributed by atoms with Crippen molar-refractivity contribution in [2.45, 2.75) is 50.6 Å². The molecule has 2 saturated heterocycles. The molecule has 6 heteroatoms. The molecule has 5 nitrogen and oxygen atoms in total. The summed E-state index contributed by atoms with van der Waals surface area (Å²) >= 11 is 6.17. The summed E-state index contributed by atoms with van der Waals surface area (Å²) in [6, 6.07) is 1.26. The van der Waals surface area contributed by atoms with Crippen LogP contribution in [0.25, 0.3) is 11.2 Å². The Kier molecular flexibility index (Phi) is 3.23. The van der Waals surface area contributed by atoms with E-state index in [1.165, 1.54) is 38.8 Å². The van der Waals surface area contributed by atoms with E-state index in [1.807, 2.05) is 18.7 Å². The molecule has 2 aromatic rings. The van der Waals surface area contributed by atoms with E-state index in [0.717, 1.165) is 28.7 Å². The topological polar surface area (TPSA) is 38.9 Å². The van der Waals surface area contributed by atoms with Crippen molar-refractivity contribution in [1.82, 2.24) is 24.2 Å². The van der Waals surface area contributed by atoms with E-state index in [-0.39, 0.29) is 0 Å². The Labute approximate surface area is 129 Å². The third kappa shape index (κ3) is 2.01. The number of nitrogens with zero attached hydrogens (tertiary/aromatic N) is 5. The maximum atomic E-state index is 6.17. The molecule has 0 radical (unpaired) electrons. The largest absolute Gasteiger partial charge is 0.309 e. The monoisotopic (exact) mass is 307 g/mol. The Morgan fingerprint density at radius 3 is 2.90 bits per heavy atom. The molecule has 0 aliphatic carbocycles. The van der Waals surface area contributed by atoms with Gasteiger partial charge in [-0.05, 0) is 39.2 Å². The highest BCUT2D eigenvalue weighted by atomic mass is 35.5. The highest BCUT2D eigenvalue weighted by molar-refractivity contribution is 6.16. The van der Waals surface area contributed by atoms with Gasteiger partial charge in [0, 0.05) is 25.7 Å². The van der Waals surface area contributed by atoms with E-state index < -0.39 is 0 Å². The van der Waals surface area contributed by atoms with Gasteiger partial charge in [-0.1, -0.05) is 0 Å². The maximum Gasteiger partial charge on any atom is 0.158 e. The lowest BCUT2D eigenvalue weighted by Crippen LogP contribution is -2.39. The smallest absolute Gasteiger partial charge is 0.158 e. The van der Waals surface area contributed by atoms with Gasteiger partial charge in [0.25, 0.3) is 0 Å². The molecule has 114 valence electrons. The number of rotatable bonds is 2. The molecule has 0 saturated carbocycles. The van der Waals surface area contributed by atoms with Gasteiger partial charge in [0.1, 0.15) is 11.3 Å². The highest BCUT2D eigenvalue weighted by Crippen LogP contribution is 2.36. The molecule has 21 heavy (non-hydrogen) atoms. The molecule has 0 N–H and O–H groups in total. The van der Waals surface area contributed by atoms with Crippen LogP contribution in [0.4, 0.5) is 0 Å². The van der Waals surface area contributed by atoms with Gasteiger partial charge in [-0.15, -0.1) is 11.6 Å². The number of fused-ring (bicyclic) bond motifs is 2.